The first kappa shape index (κ1) is 16.3. The van der Waals surface area contributed by atoms with Gasteiger partial charge in [0.05, 0.1) is 11.2 Å². The van der Waals surface area contributed by atoms with Gasteiger partial charge in [0.25, 0.3) is 5.91 Å². The Bertz CT molecular complexity index is 627. The molecule has 0 bridgehead atoms. The quantitative estimate of drug-likeness (QED) is 0.650. The second-order valence-electron chi connectivity index (χ2n) is 7.48. The molecule has 1 aromatic heterocycles. The molecule has 2 N–H and O–H groups in total. The predicted molar refractivity (Wildman–Crippen MR) is 91.1 cm³/mol. The van der Waals surface area contributed by atoms with Gasteiger partial charge < -0.3 is 10.6 Å². The molecule has 0 aromatic carbocycles. The van der Waals surface area contributed by atoms with Crippen molar-refractivity contribution < 1.29 is 4.79 Å². The van der Waals surface area contributed by atoms with E-state index in [4.69, 9.17) is 5.26 Å². The summed E-state index contributed by atoms with van der Waals surface area (Å²) in [4.78, 5) is 17.1. The summed E-state index contributed by atoms with van der Waals surface area (Å²) in [6, 6.07) is 0. The maximum absolute atomic E-state index is 12.5. The highest BCUT2D eigenvalue weighted by atomic mass is 32.1. The van der Waals surface area contributed by atoms with E-state index >= 15 is 0 Å². The molecule has 0 spiro atoms. The Morgan fingerprint density at radius 2 is 2.13 bits per heavy atom. The van der Waals surface area contributed by atoms with E-state index in [0.29, 0.717) is 18.8 Å². The van der Waals surface area contributed by atoms with Crippen molar-refractivity contribution in [2.45, 2.75) is 70.3 Å². The Kier molecular flexibility index (Phi) is 4.33. The van der Waals surface area contributed by atoms with Crippen LogP contribution in [0.4, 0.5) is 5.00 Å². The zero-order valence-corrected chi connectivity index (χ0v) is 14.6. The average molecular weight is 332 g/mol. The fourth-order valence-corrected chi connectivity index (χ4v) is 4.89. The van der Waals surface area contributed by atoms with E-state index in [9.17, 15) is 4.79 Å². The average Bonchev–Trinajstić information content (AvgIpc) is 2.90. The third kappa shape index (κ3) is 3.07. The van der Waals surface area contributed by atoms with Gasteiger partial charge in [0.15, 0.2) is 6.19 Å². The molecule has 23 heavy (non-hydrogen) atoms. The molecule has 1 amide bonds. The molecule has 2 saturated carbocycles. The zero-order valence-electron chi connectivity index (χ0n) is 13.8. The molecule has 0 saturated heterocycles. The second kappa shape index (κ2) is 6.12. The topological polar surface area (TPSA) is 77.8 Å². The second-order valence-corrected chi connectivity index (χ2v) is 8.54. The molecule has 5 nitrogen and oxygen atoms in total. The zero-order chi connectivity index (χ0) is 16.5. The first-order chi connectivity index (χ1) is 11.0. The van der Waals surface area contributed by atoms with Crippen LogP contribution in [0.15, 0.2) is 6.20 Å². The highest BCUT2D eigenvalue weighted by Crippen LogP contribution is 2.48. The van der Waals surface area contributed by atoms with Gasteiger partial charge in [-0.3, -0.25) is 4.79 Å². The summed E-state index contributed by atoms with van der Waals surface area (Å²) in [6.45, 7) is 4.63. The van der Waals surface area contributed by atoms with Gasteiger partial charge in [-0.1, -0.05) is 26.7 Å². The molecular formula is C17H24N4OS. The van der Waals surface area contributed by atoms with Crippen LogP contribution in [0, 0.1) is 16.9 Å². The lowest BCUT2D eigenvalue weighted by atomic mass is 9.69. The van der Waals surface area contributed by atoms with Crippen LogP contribution in [-0.2, 0) is 4.79 Å². The van der Waals surface area contributed by atoms with Gasteiger partial charge in [0, 0.05) is 5.92 Å². The Hall–Kier alpha value is -1.61. The van der Waals surface area contributed by atoms with Crippen LogP contribution in [0.2, 0.25) is 0 Å². The van der Waals surface area contributed by atoms with Crippen molar-refractivity contribution in [2.24, 2.45) is 5.41 Å². The number of rotatable bonds is 4. The van der Waals surface area contributed by atoms with Crippen LogP contribution in [0.1, 0.15) is 69.7 Å². The van der Waals surface area contributed by atoms with Crippen LogP contribution in [0.25, 0.3) is 0 Å². The molecular weight excluding hydrogens is 308 g/mol. The van der Waals surface area contributed by atoms with Crippen molar-refractivity contribution in [3.8, 4) is 6.19 Å². The van der Waals surface area contributed by atoms with Gasteiger partial charge in [0.1, 0.15) is 10.5 Å². The molecule has 1 heterocycles. The number of thiazole rings is 1. The van der Waals surface area contributed by atoms with E-state index in [2.05, 4.69) is 29.5 Å². The van der Waals surface area contributed by atoms with Crippen molar-refractivity contribution in [2.75, 3.05) is 5.32 Å². The lowest BCUT2D eigenvalue weighted by molar-refractivity contribution is -0.125. The summed E-state index contributed by atoms with van der Waals surface area (Å²) in [5.74, 6) is 0.366. The lowest BCUT2D eigenvalue weighted by Gasteiger charge is -2.38. The number of anilines is 1. The summed E-state index contributed by atoms with van der Waals surface area (Å²) in [6.07, 6.45) is 11.0. The molecule has 6 heteroatoms. The highest BCUT2D eigenvalue weighted by molar-refractivity contribution is 7.16. The van der Waals surface area contributed by atoms with Crippen molar-refractivity contribution in [3.63, 3.8) is 0 Å². The van der Waals surface area contributed by atoms with Gasteiger partial charge in [0.2, 0.25) is 0 Å². The van der Waals surface area contributed by atoms with Gasteiger partial charge >= 0.3 is 0 Å². The molecule has 2 fully saturated rings. The van der Waals surface area contributed by atoms with E-state index in [1.54, 1.807) is 17.5 Å². The SMILES string of the molecule is CC1(C)CCCC[C@@H]1c1ncc(NC(=O)C2(NC#N)CCC2)s1. The summed E-state index contributed by atoms with van der Waals surface area (Å²) < 4.78 is 0. The summed E-state index contributed by atoms with van der Waals surface area (Å²) in [7, 11) is 0. The number of aromatic nitrogens is 1. The molecule has 3 rings (SSSR count). The fourth-order valence-electron chi connectivity index (χ4n) is 3.74. The smallest absolute Gasteiger partial charge is 0.251 e. The molecule has 0 unspecified atom stereocenters. The van der Waals surface area contributed by atoms with Crippen molar-refractivity contribution in [1.29, 1.82) is 5.26 Å². The molecule has 2 aliphatic carbocycles. The van der Waals surface area contributed by atoms with Gasteiger partial charge in [-0.2, -0.15) is 5.26 Å². The summed E-state index contributed by atoms with van der Waals surface area (Å²) in [5, 5.41) is 16.4. The minimum Gasteiger partial charge on any atom is -0.314 e. The Morgan fingerprint density at radius 1 is 1.35 bits per heavy atom. The monoisotopic (exact) mass is 332 g/mol. The molecule has 124 valence electrons. The number of carbonyl (C=O) groups is 1. The Morgan fingerprint density at radius 3 is 2.74 bits per heavy atom. The number of nitriles is 1. The highest BCUT2D eigenvalue weighted by Gasteiger charge is 2.44. The normalized spacial score (nSPS) is 25.0. The first-order valence-electron chi connectivity index (χ1n) is 8.40. The van der Waals surface area contributed by atoms with E-state index in [1.165, 1.54) is 25.7 Å². The minimum atomic E-state index is -0.705. The number of hydrogen-bond acceptors (Lipinski definition) is 5. The van der Waals surface area contributed by atoms with E-state index in [0.717, 1.165) is 16.4 Å². The minimum absolute atomic E-state index is 0.108. The Labute approximate surface area is 141 Å². The number of hydrogen-bond donors (Lipinski definition) is 2. The fraction of sp³-hybridized carbons (Fsp3) is 0.706. The lowest BCUT2D eigenvalue weighted by Crippen LogP contribution is -2.57. The third-order valence-corrected chi connectivity index (χ3v) is 6.53. The summed E-state index contributed by atoms with van der Waals surface area (Å²) >= 11 is 1.59. The van der Waals surface area contributed by atoms with E-state index < -0.39 is 5.54 Å². The van der Waals surface area contributed by atoms with Crippen molar-refractivity contribution in [1.82, 2.24) is 10.3 Å². The summed E-state index contributed by atoms with van der Waals surface area (Å²) in [5.41, 5.74) is -0.433. The predicted octanol–water partition coefficient (Wildman–Crippen LogP) is 3.76. The number of carbonyl (C=O) groups excluding carboxylic acids is 1. The van der Waals surface area contributed by atoms with Crippen molar-refractivity contribution in [3.05, 3.63) is 11.2 Å². The maximum Gasteiger partial charge on any atom is 0.251 e. The van der Waals surface area contributed by atoms with Crippen LogP contribution in [0.5, 0.6) is 0 Å². The maximum atomic E-state index is 12.5. The van der Waals surface area contributed by atoms with Gasteiger partial charge in [-0.05, 0) is 37.5 Å². The number of nitrogens with zero attached hydrogens (tertiary/aromatic N) is 2. The van der Waals surface area contributed by atoms with Crippen LogP contribution in [-0.4, -0.2) is 16.4 Å². The number of amides is 1. The molecule has 1 aromatic rings. The van der Waals surface area contributed by atoms with E-state index in [1.807, 2.05) is 6.19 Å². The largest absolute Gasteiger partial charge is 0.314 e. The number of nitrogens with one attached hydrogen (secondary N) is 2. The van der Waals surface area contributed by atoms with Crippen molar-refractivity contribution >= 4 is 22.2 Å². The molecule has 2 aliphatic rings. The van der Waals surface area contributed by atoms with Crippen LogP contribution in [0.3, 0.4) is 0 Å². The molecule has 1 atom stereocenters. The third-order valence-electron chi connectivity index (χ3n) is 5.50. The molecule has 0 radical (unpaired) electrons. The Balaban J connectivity index is 1.70. The standard InChI is InChI=1S/C17H24N4OS/c1-16(2)7-4-3-6-12(16)14-19-10-13(23-14)21-15(22)17(20-11-18)8-5-9-17/h10,12,20H,3-9H2,1-2H3,(H,21,22)/t12-/m1/s1. The molecule has 0 aliphatic heterocycles. The van der Waals surface area contributed by atoms with E-state index in [-0.39, 0.29) is 11.3 Å². The van der Waals surface area contributed by atoms with Gasteiger partial charge in [-0.25, -0.2) is 4.98 Å². The van der Waals surface area contributed by atoms with Crippen LogP contribution >= 0.6 is 11.3 Å². The van der Waals surface area contributed by atoms with Gasteiger partial charge in [-0.15, -0.1) is 11.3 Å². The first-order valence-corrected chi connectivity index (χ1v) is 9.22. The van der Waals surface area contributed by atoms with Crippen LogP contribution < -0.4 is 10.6 Å².